The number of hydrogen-bond donors (Lipinski definition) is 0. The zero-order chi connectivity index (χ0) is 15.1. The second kappa shape index (κ2) is 5.30. The Hall–Kier alpha value is -1.62. The predicted molar refractivity (Wildman–Crippen MR) is 79.3 cm³/mol. The van der Waals surface area contributed by atoms with Gasteiger partial charge in [0.25, 0.3) is 5.91 Å². The van der Waals surface area contributed by atoms with Crippen LogP contribution in [0.25, 0.3) is 0 Å². The largest absolute Gasteiger partial charge is 0.381 e. The van der Waals surface area contributed by atoms with Gasteiger partial charge in [-0.2, -0.15) is 0 Å². The summed E-state index contributed by atoms with van der Waals surface area (Å²) in [4.78, 5) is 26.6. The van der Waals surface area contributed by atoms with E-state index in [4.69, 9.17) is 4.74 Å². The number of amides is 1. The molecule has 0 spiro atoms. The zero-order valence-corrected chi connectivity index (χ0v) is 12.8. The summed E-state index contributed by atoms with van der Waals surface area (Å²) in [6.45, 7) is 3.26. The van der Waals surface area contributed by atoms with E-state index in [2.05, 4.69) is 0 Å². The number of aromatic nitrogens is 1. The highest BCUT2D eigenvalue weighted by Gasteiger charge is 2.43. The summed E-state index contributed by atoms with van der Waals surface area (Å²) in [6, 6.07) is 1.53. The average Bonchev–Trinajstić information content (AvgIpc) is 2.70. The Morgan fingerprint density at radius 1 is 1.29 bits per heavy atom. The summed E-state index contributed by atoms with van der Waals surface area (Å²) in [7, 11) is 3.61. The molecule has 2 bridgehead atoms. The molecule has 2 fully saturated rings. The Kier molecular flexibility index (Phi) is 3.61. The van der Waals surface area contributed by atoms with E-state index in [0.29, 0.717) is 24.9 Å². The number of hydrogen-bond acceptors (Lipinski definition) is 3. The smallest absolute Gasteiger partial charge is 0.259 e. The molecule has 1 unspecified atom stereocenters. The van der Waals surface area contributed by atoms with Crippen molar-refractivity contribution in [2.45, 2.75) is 25.9 Å². The van der Waals surface area contributed by atoms with Gasteiger partial charge < -0.3 is 14.2 Å². The molecule has 0 radical (unpaired) electrons. The summed E-state index contributed by atoms with van der Waals surface area (Å²) < 4.78 is 7.39. The van der Waals surface area contributed by atoms with E-state index < -0.39 is 0 Å². The Bertz CT molecular complexity index is 608. The van der Waals surface area contributed by atoms with Gasteiger partial charge in [0.15, 0.2) is 5.43 Å². The molecule has 1 amide bonds. The molecule has 0 aromatic carbocycles. The third-order valence-corrected chi connectivity index (χ3v) is 5.02. The van der Waals surface area contributed by atoms with E-state index in [1.807, 2.05) is 23.4 Å². The number of methoxy groups -OCH3 is 1. The molecule has 3 rings (SSSR count). The number of carbonyl (C=O) groups excluding carboxylic acids is 1. The number of carbonyl (C=O) groups is 1. The maximum absolute atomic E-state index is 12.7. The molecule has 1 saturated carbocycles. The molecule has 1 aromatic rings. The van der Waals surface area contributed by atoms with Crippen molar-refractivity contribution in [1.82, 2.24) is 9.47 Å². The molecule has 5 nitrogen and oxygen atoms in total. The monoisotopic (exact) mass is 290 g/mol. The molecule has 0 N–H and O–H groups in total. The standard InChI is InChI=1S/C16H22N2O3/c1-10-6-14(19)13(9-17(10)2)16(20)18-7-11-4-5-12(8-18)15(11)21-3/h6,9,11-12,15H,4-5,7-8H2,1-3H3/t11-,12+,15?. The van der Waals surface area contributed by atoms with Crippen LogP contribution in [0.3, 0.4) is 0 Å². The Balaban J connectivity index is 1.84. The van der Waals surface area contributed by atoms with Crippen LogP contribution in [-0.4, -0.2) is 41.7 Å². The minimum absolute atomic E-state index is 0.137. The van der Waals surface area contributed by atoms with E-state index in [1.165, 1.54) is 6.07 Å². The molecule has 1 saturated heterocycles. The van der Waals surface area contributed by atoms with Crippen LogP contribution >= 0.6 is 0 Å². The van der Waals surface area contributed by atoms with Gasteiger partial charge in [-0.25, -0.2) is 0 Å². The lowest BCUT2D eigenvalue weighted by atomic mass is 9.94. The molecule has 1 aliphatic carbocycles. The summed E-state index contributed by atoms with van der Waals surface area (Å²) >= 11 is 0. The number of ether oxygens (including phenoxy) is 1. The first kappa shape index (κ1) is 14.3. The number of piperidine rings is 1. The van der Waals surface area contributed by atoms with Gasteiger partial charge in [-0.05, 0) is 19.8 Å². The zero-order valence-electron chi connectivity index (χ0n) is 12.8. The van der Waals surface area contributed by atoms with Gasteiger partial charge in [-0.3, -0.25) is 9.59 Å². The van der Waals surface area contributed by atoms with Crippen molar-refractivity contribution in [1.29, 1.82) is 0 Å². The molecule has 1 aromatic heterocycles. The number of pyridine rings is 1. The fraction of sp³-hybridized carbons (Fsp3) is 0.625. The highest BCUT2D eigenvalue weighted by molar-refractivity contribution is 5.94. The van der Waals surface area contributed by atoms with Crippen LogP contribution in [0.15, 0.2) is 17.1 Å². The van der Waals surface area contributed by atoms with E-state index in [1.54, 1.807) is 13.3 Å². The van der Waals surface area contributed by atoms with Crippen molar-refractivity contribution in [2.75, 3.05) is 20.2 Å². The second-order valence-corrected chi connectivity index (χ2v) is 6.31. The van der Waals surface area contributed by atoms with Crippen LogP contribution in [-0.2, 0) is 11.8 Å². The van der Waals surface area contributed by atoms with Crippen molar-refractivity contribution in [3.63, 3.8) is 0 Å². The average molecular weight is 290 g/mol. The molecule has 2 aliphatic rings. The lowest BCUT2D eigenvalue weighted by molar-refractivity contribution is -0.0114. The van der Waals surface area contributed by atoms with E-state index in [9.17, 15) is 9.59 Å². The van der Waals surface area contributed by atoms with Crippen molar-refractivity contribution < 1.29 is 9.53 Å². The van der Waals surface area contributed by atoms with E-state index >= 15 is 0 Å². The van der Waals surface area contributed by atoms with Crippen LogP contribution < -0.4 is 5.43 Å². The minimum Gasteiger partial charge on any atom is -0.381 e. The van der Waals surface area contributed by atoms with Crippen LogP contribution in [0, 0.1) is 18.8 Å². The van der Waals surface area contributed by atoms with Crippen LogP contribution in [0.4, 0.5) is 0 Å². The van der Waals surface area contributed by atoms with Crippen molar-refractivity contribution in [2.24, 2.45) is 18.9 Å². The first-order chi connectivity index (χ1) is 10.0. The Morgan fingerprint density at radius 3 is 2.48 bits per heavy atom. The van der Waals surface area contributed by atoms with E-state index in [0.717, 1.165) is 18.5 Å². The highest BCUT2D eigenvalue weighted by Crippen LogP contribution is 2.38. The number of rotatable bonds is 2. The lowest BCUT2D eigenvalue weighted by Crippen LogP contribution is -2.48. The normalized spacial score (nSPS) is 28.0. The molecule has 21 heavy (non-hydrogen) atoms. The number of likely N-dealkylation sites (tertiary alicyclic amines) is 1. The van der Waals surface area contributed by atoms with Crippen LogP contribution in [0.2, 0.25) is 0 Å². The van der Waals surface area contributed by atoms with E-state index in [-0.39, 0.29) is 23.0 Å². The third kappa shape index (κ3) is 2.39. The quantitative estimate of drug-likeness (QED) is 0.822. The van der Waals surface area contributed by atoms with Gasteiger partial charge in [-0.1, -0.05) is 0 Å². The number of aryl methyl sites for hydroxylation is 2. The topological polar surface area (TPSA) is 51.5 Å². The minimum atomic E-state index is -0.184. The lowest BCUT2D eigenvalue weighted by Gasteiger charge is -2.37. The van der Waals surface area contributed by atoms with Gasteiger partial charge in [0.05, 0.1) is 6.10 Å². The molecular weight excluding hydrogens is 268 g/mol. The molecule has 5 heteroatoms. The summed E-state index contributed by atoms with van der Waals surface area (Å²) in [5.41, 5.74) is 0.949. The SMILES string of the molecule is COC1[C@@H]2CC[C@H]1CN(C(=O)c1cn(C)c(C)cc1=O)C2. The third-order valence-electron chi connectivity index (χ3n) is 5.02. The maximum Gasteiger partial charge on any atom is 0.259 e. The van der Waals surface area contributed by atoms with Crippen molar-refractivity contribution in [3.8, 4) is 0 Å². The van der Waals surface area contributed by atoms with Gasteiger partial charge >= 0.3 is 0 Å². The first-order valence-corrected chi connectivity index (χ1v) is 7.50. The fourth-order valence-electron chi connectivity index (χ4n) is 3.78. The predicted octanol–water partition coefficient (Wildman–Crippen LogP) is 1.19. The second-order valence-electron chi connectivity index (χ2n) is 6.31. The number of fused-ring (bicyclic) bond motifs is 2. The molecular formula is C16H22N2O3. The highest BCUT2D eigenvalue weighted by atomic mass is 16.5. The van der Waals surface area contributed by atoms with Gasteiger partial charge in [0.2, 0.25) is 0 Å². The molecule has 3 atom stereocenters. The van der Waals surface area contributed by atoms with Gasteiger partial charge in [0, 0.05) is 57.0 Å². The summed E-state index contributed by atoms with van der Waals surface area (Å²) in [6.07, 6.45) is 4.15. The maximum atomic E-state index is 12.7. The first-order valence-electron chi connectivity index (χ1n) is 7.50. The Labute approximate surface area is 124 Å². The van der Waals surface area contributed by atoms with Gasteiger partial charge in [-0.15, -0.1) is 0 Å². The van der Waals surface area contributed by atoms with Crippen molar-refractivity contribution in [3.05, 3.63) is 33.7 Å². The Morgan fingerprint density at radius 2 is 1.90 bits per heavy atom. The van der Waals surface area contributed by atoms with Crippen LogP contribution in [0.1, 0.15) is 28.9 Å². The van der Waals surface area contributed by atoms with Gasteiger partial charge in [0.1, 0.15) is 5.56 Å². The van der Waals surface area contributed by atoms with Crippen LogP contribution in [0.5, 0.6) is 0 Å². The van der Waals surface area contributed by atoms with Crippen molar-refractivity contribution >= 4 is 5.91 Å². The molecule has 2 heterocycles. The molecule has 114 valence electrons. The number of nitrogens with zero attached hydrogens (tertiary/aromatic N) is 2. The summed E-state index contributed by atoms with van der Waals surface area (Å²) in [5.74, 6) is 0.682. The molecule has 1 aliphatic heterocycles. The summed E-state index contributed by atoms with van der Waals surface area (Å²) in [5, 5.41) is 0. The fourth-order valence-corrected chi connectivity index (χ4v) is 3.78.